The van der Waals surface area contributed by atoms with Crippen molar-refractivity contribution in [3.8, 4) is 0 Å². The first-order valence-electron chi connectivity index (χ1n) is 4.66. The normalized spacial score (nSPS) is 24.3. The van der Waals surface area contributed by atoms with E-state index in [2.05, 4.69) is 10.3 Å². The summed E-state index contributed by atoms with van der Waals surface area (Å²) >= 11 is 0. The van der Waals surface area contributed by atoms with Gasteiger partial charge in [-0.3, -0.25) is 4.79 Å². The highest BCUT2D eigenvalue weighted by Gasteiger charge is 2.41. The number of aromatic nitrogens is 3. The molecule has 0 fully saturated rings. The van der Waals surface area contributed by atoms with Crippen LogP contribution in [0.25, 0.3) is 0 Å². The summed E-state index contributed by atoms with van der Waals surface area (Å²) in [5.41, 5.74) is 0.545. The van der Waals surface area contributed by atoms with Gasteiger partial charge in [0.05, 0.1) is 23.3 Å². The summed E-state index contributed by atoms with van der Waals surface area (Å²) in [6.07, 6.45) is 3.11. The Kier molecular flexibility index (Phi) is 1.83. The zero-order chi connectivity index (χ0) is 10.3. The van der Waals surface area contributed by atoms with Crippen LogP contribution in [0, 0.1) is 5.92 Å². The SMILES string of the molecule is CC1(C)C(C(=O)O)CCc2cnnn21. The molecule has 0 saturated heterocycles. The lowest BCUT2D eigenvalue weighted by Crippen LogP contribution is -2.44. The summed E-state index contributed by atoms with van der Waals surface area (Å²) in [5, 5.41) is 16.8. The van der Waals surface area contributed by atoms with E-state index in [-0.39, 0.29) is 5.92 Å². The molecule has 0 aromatic carbocycles. The summed E-state index contributed by atoms with van der Waals surface area (Å²) in [6.45, 7) is 3.78. The van der Waals surface area contributed by atoms with Gasteiger partial charge >= 0.3 is 5.97 Å². The van der Waals surface area contributed by atoms with Crippen LogP contribution < -0.4 is 0 Å². The van der Waals surface area contributed by atoms with Crippen LogP contribution in [0.15, 0.2) is 6.20 Å². The van der Waals surface area contributed by atoms with Crippen LogP contribution >= 0.6 is 0 Å². The van der Waals surface area contributed by atoms with E-state index in [0.29, 0.717) is 6.42 Å². The van der Waals surface area contributed by atoms with Crippen molar-refractivity contribution in [2.45, 2.75) is 32.2 Å². The first-order valence-corrected chi connectivity index (χ1v) is 4.66. The number of rotatable bonds is 1. The highest BCUT2D eigenvalue weighted by Crippen LogP contribution is 2.34. The summed E-state index contributed by atoms with van der Waals surface area (Å²) < 4.78 is 1.73. The molecule has 1 unspecified atom stereocenters. The van der Waals surface area contributed by atoms with Gasteiger partial charge in [-0.05, 0) is 26.7 Å². The van der Waals surface area contributed by atoms with Gasteiger partial charge < -0.3 is 5.11 Å². The molecule has 5 nitrogen and oxygen atoms in total. The first-order chi connectivity index (χ1) is 6.53. The van der Waals surface area contributed by atoms with Crippen LogP contribution in [0.2, 0.25) is 0 Å². The van der Waals surface area contributed by atoms with E-state index in [0.717, 1.165) is 12.1 Å². The molecule has 0 aliphatic carbocycles. The Morgan fingerprint density at radius 1 is 1.71 bits per heavy atom. The molecule has 2 heterocycles. The Morgan fingerprint density at radius 3 is 3.07 bits per heavy atom. The minimum Gasteiger partial charge on any atom is -0.481 e. The third-order valence-electron chi connectivity index (χ3n) is 3.01. The van der Waals surface area contributed by atoms with Crippen molar-refractivity contribution >= 4 is 5.97 Å². The Hall–Kier alpha value is -1.39. The van der Waals surface area contributed by atoms with Gasteiger partial charge in [-0.15, -0.1) is 5.10 Å². The summed E-state index contributed by atoms with van der Waals surface area (Å²) in [7, 11) is 0. The second-order valence-corrected chi connectivity index (χ2v) is 4.22. The second-order valence-electron chi connectivity index (χ2n) is 4.22. The van der Waals surface area contributed by atoms with E-state index in [1.807, 2.05) is 13.8 Å². The number of fused-ring (bicyclic) bond motifs is 1. The molecular formula is C9H13N3O2. The van der Waals surface area contributed by atoms with E-state index in [1.54, 1.807) is 10.9 Å². The molecule has 0 bridgehead atoms. The maximum Gasteiger partial charge on any atom is 0.308 e. The van der Waals surface area contributed by atoms with Crippen LogP contribution in [-0.4, -0.2) is 26.1 Å². The molecule has 14 heavy (non-hydrogen) atoms. The van der Waals surface area contributed by atoms with Gasteiger partial charge in [0.15, 0.2) is 0 Å². The quantitative estimate of drug-likeness (QED) is 0.714. The van der Waals surface area contributed by atoms with Crippen LogP contribution in [-0.2, 0) is 16.8 Å². The zero-order valence-electron chi connectivity index (χ0n) is 8.27. The summed E-state index contributed by atoms with van der Waals surface area (Å²) in [5.74, 6) is -1.13. The standard InChI is InChI=1S/C9H13N3O2/c1-9(2)7(8(13)14)4-3-6-5-10-11-12(6)9/h5,7H,3-4H2,1-2H3,(H,13,14). The summed E-state index contributed by atoms with van der Waals surface area (Å²) in [4.78, 5) is 11.0. The number of hydrogen-bond donors (Lipinski definition) is 1. The van der Waals surface area contributed by atoms with Crippen LogP contribution in [0.4, 0.5) is 0 Å². The molecule has 1 aromatic heterocycles. The van der Waals surface area contributed by atoms with E-state index in [4.69, 9.17) is 5.11 Å². The molecule has 1 N–H and O–H groups in total. The Balaban J connectivity index is 2.45. The van der Waals surface area contributed by atoms with Crippen molar-refractivity contribution in [1.29, 1.82) is 0 Å². The number of aryl methyl sites for hydroxylation is 1. The van der Waals surface area contributed by atoms with E-state index < -0.39 is 11.5 Å². The molecule has 0 spiro atoms. The van der Waals surface area contributed by atoms with Crippen molar-refractivity contribution in [3.63, 3.8) is 0 Å². The minimum atomic E-state index is -0.754. The number of hydrogen-bond acceptors (Lipinski definition) is 3. The predicted octanol–water partition coefficient (Wildman–Crippen LogP) is 0.660. The molecule has 0 radical (unpaired) electrons. The van der Waals surface area contributed by atoms with Crippen molar-refractivity contribution in [1.82, 2.24) is 15.0 Å². The average molecular weight is 195 g/mol. The third kappa shape index (κ3) is 1.12. The minimum absolute atomic E-state index is 0.378. The highest BCUT2D eigenvalue weighted by atomic mass is 16.4. The third-order valence-corrected chi connectivity index (χ3v) is 3.01. The molecule has 0 amide bonds. The maximum atomic E-state index is 11.0. The van der Waals surface area contributed by atoms with E-state index in [9.17, 15) is 4.79 Å². The van der Waals surface area contributed by atoms with Gasteiger partial charge in [-0.2, -0.15) is 0 Å². The van der Waals surface area contributed by atoms with Crippen molar-refractivity contribution in [3.05, 3.63) is 11.9 Å². The van der Waals surface area contributed by atoms with Crippen LogP contribution in [0.5, 0.6) is 0 Å². The van der Waals surface area contributed by atoms with Crippen LogP contribution in [0.3, 0.4) is 0 Å². The Labute approximate surface area is 81.7 Å². The van der Waals surface area contributed by atoms with Gasteiger partial charge in [-0.1, -0.05) is 5.21 Å². The lowest BCUT2D eigenvalue weighted by Gasteiger charge is -2.36. The van der Waals surface area contributed by atoms with Gasteiger partial charge in [0.25, 0.3) is 0 Å². The fourth-order valence-corrected chi connectivity index (χ4v) is 2.13. The van der Waals surface area contributed by atoms with Gasteiger partial charge in [0.2, 0.25) is 0 Å². The van der Waals surface area contributed by atoms with Gasteiger partial charge in [0, 0.05) is 0 Å². The highest BCUT2D eigenvalue weighted by molar-refractivity contribution is 5.71. The fourth-order valence-electron chi connectivity index (χ4n) is 2.13. The van der Waals surface area contributed by atoms with Crippen molar-refractivity contribution in [2.24, 2.45) is 5.92 Å². The lowest BCUT2D eigenvalue weighted by atomic mass is 9.80. The topological polar surface area (TPSA) is 68.0 Å². The Morgan fingerprint density at radius 2 is 2.43 bits per heavy atom. The fraction of sp³-hybridized carbons (Fsp3) is 0.667. The smallest absolute Gasteiger partial charge is 0.308 e. The molecule has 1 aliphatic rings. The first kappa shape index (κ1) is 9.18. The predicted molar refractivity (Wildman–Crippen MR) is 48.8 cm³/mol. The lowest BCUT2D eigenvalue weighted by molar-refractivity contribution is -0.146. The number of carbonyl (C=O) groups is 1. The van der Waals surface area contributed by atoms with E-state index >= 15 is 0 Å². The Bertz CT molecular complexity index is 370. The molecule has 5 heteroatoms. The zero-order valence-corrected chi connectivity index (χ0v) is 8.27. The molecular weight excluding hydrogens is 182 g/mol. The second kappa shape index (κ2) is 2.80. The molecule has 2 rings (SSSR count). The molecule has 76 valence electrons. The molecule has 1 aliphatic heterocycles. The van der Waals surface area contributed by atoms with Gasteiger partial charge in [0.1, 0.15) is 0 Å². The maximum absolute atomic E-state index is 11.0. The van der Waals surface area contributed by atoms with Crippen molar-refractivity contribution in [2.75, 3.05) is 0 Å². The average Bonchev–Trinajstić information content (AvgIpc) is 2.51. The molecule has 1 atom stereocenters. The number of aliphatic carboxylic acids is 1. The van der Waals surface area contributed by atoms with Gasteiger partial charge in [-0.25, -0.2) is 4.68 Å². The molecule has 1 aromatic rings. The van der Waals surface area contributed by atoms with E-state index in [1.165, 1.54) is 0 Å². The largest absolute Gasteiger partial charge is 0.481 e. The number of carboxylic acids is 1. The monoisotopic (exact) mass is 195 g/mol. The van der Waals surface area contributed by atoms with Crippen molar-refractivity contribution < 1.29 is 9.90 Å². The number of carboxylic acid groups (broad SMARTS) is 1. The summed E-state index contributed by atoms with van der Waals surface area (Å²) in [6, 6.07) is 0. The van der Waals surface area contributed by atoms with Crippen LogP contribution in [0.1, 0.15) is 26.0 Å². The molecule has 0 saturated carbocycles. The number of nitrogens with zero attached hydrogens (tertiary/aromatic N) is 3.